The first-order valence-electron chi connectivity index (χ1n) is 13.4. The standard InChI is InChI=1S/C29H30F6N6O3/c1-16-12-40(3)13-28(31,32)25(16)39-27(43)19-8-17(9-22-24(19)38-15-41(22)14-29(33,34)35)6-5-7-37-21-10-18(26(42)36-2)20(30)11-23(21)44-4/h8-11,15-16,25,37H,7,12-14H2,1-4H3,(H,36,42)(H,39,43)/t16-,25+/m0/s1. The third kappa shape index (κ3) is 7.19. The number of alkyl halides is 5. The third-order valence-electron chi connectivity index (χ3n) is 7.07. The van der Waals surface area contributed by atoms with E-state index in [2.05, 4.69) is 32.8 Å². The van der Waals surface area contributed by atoms with Crippen molar-refractivity contribution >= 4 is 28.5 Å². The molecule has 1 aromatic heterocycles. The molecule has 0 unspecified atom stereocenters. The van der Waals surface area contributed by atoms with Gasteiger partial charge < -0.3 is 30.2 Å². The Kier molecular flexibility index (Phi) is 9.33. The second kappa shape index (κ2) is 12.7. The normalized spacial score (nSPS) is 18.3. The van der Waals surface area contributed by atoms with Crippen LogP contribution in [-0.4, -0.2) is 85.2 Å². The van der Waals surface area contributed by atoms with Crippen molar-refractivity contribution in [2.45, 2.75) is 31.6 Å². The molecule has 1 fully saturated rings. The Labute approximate surface area is 248 Å². The molecule has 2 atom stereocenters. The molecule has 0 saturated carbocycles. The molecule has 44 heavy (non-hydrogen) atoms. The summed E-state index contributed by atoms with van der Waals surface area (Å²) in [5.41, 5.74) is -0.254. The fraction of sp³-hybridized carbons (Fsp3) is 0.414. The molecule has 4 rings (SSSR count). The monoisotopic (exact) mass is 624 g/mol. The molecule has 1 saturated heterocycles. The number of piperidine rings is 1. The van der Waals surface area contributed by atoms with Gasteiger partial charge in [0.15, 0.2) is 0 Å². The Morgan fingerprint density at radius 1 is 1.16 bits per heavy atom. The van der Waals surface area contributed by atoms with Crippen LogP contribution in [-0.2, 0) is 6.54 Å². The lowest BCUT2D eigenvalue weighted by Crippen LogP contribution is -2.61. The minimum absolute atomic E-state index is 0.0640. The average Bonchev–Trinajstić information content (AvgIpc) is 3.32. The summed E-state index contributed by atoms with van der Waals surface area (Å²) in [5, 5.41) is 7.59. The topological polar surface area (TPSA) is 101 Å². The molecule has 0 spiro atoms. The number of fused-ring (bicyclic) bond motifs is 1. The number of anilines is 1. The Morgan fingerprint density at radius 3 is 2.52 bits per heavy atom. The SMILES string of the molecule is CNC(=O)c1cc(NCC#Cc2cc(C(=O)N[C@@H]3[C@@H](C)CN(C)CC3(F)F)c3ncn(CC(F)(F)F)c3c2)c(OC)cc1F. The number of benzene rings is 2. The van der Waals surface area contributed by atoms with Crippen molar-refractivity contribution in [1.29, 1.82) is 0 Å². The van der Waals surface area contributed by atoms with Crippen LogP contribution in [0.4, 0.5) is 32.0 Å². The molecule has 1 aliphatic rings. The largest absolute Gasteiger partial charge is 0.494 e. The summed E-state index contributed by atoms with van der Waals surface area (Å²) in [7, 11) is 4.19. The van der Waals surface area contributed by atoms with E-state index in [1.54, 1.807) is 14.0 Å². The molecule has 15 heteroatoms. The predicted molar refractivity (Wildman–Crippen MR) is 150 cm³/mol. The minimum atomic E-state index is -4.60. The van der Waals surface area contributed by atoms with Crippen LogP contribution in [0.15, 0.2) is 30.6 Å². The van der Waals surface area contributed by atoms with Crippen molar-refractivity contribution in [2.24, 2.45) is 5.92 Å². The molecule has 0 aliphatic carbocycles. The Morgan fingerprint density at radius 2 is 1.89 bits per heavy atom. The number of imidazole rings is 1. The second-order valence-corrected chi connectivity index (χ2v) is 10.5. The maximum atomic E-state index is 14.9. The number of aromatic nitrogens is 2. The van der Waals surface area contributed by atoms with E-state index in [1.165, 1.54) is 37.3 Å². The lowest BCUT2D eigenvalue weighted by molar-refractivity contribution is -0.140. The van der Waals surface area contributed by atoms with Gasteiger partial charge in [-0.05, 0) is 31.2 Å². The number of nitrogens with zero attached hydrogens (tertiary/aromatic N) is 3. The predicted octanol–water partition coefficient (Wildman–Crippen LogP) is 3.88. The van der Waals surface area contributed by atoms with E-state index in [1.807, 2.05) is 0 Å². The van der Waals surface area contributed by atoms with Gasteiger partial charge in [-0.15, -0.1) is 0 Å². The number of amides is 2. The van der Waals surface area contributed by atoms with Crippen molar-refractivity contribution in [3.63, 3.8) is 0 Å². The van der Waals surface area contributed by atoms with Gasteiger partial charge in [0.2, 0.25) is 0 Å². The van der Waals surface area contributed by atoms with Gasteiger partial charge in [0.25, 0.3) is 17.7 Å². The van der Waals surface area contributed by atoms with Crippen LogP contribution in [0.5, 0.6) is 5.75 Å². The molecule has 3 N–H and O–H groups in total. The molecule has 2 amide bonds. The zero-order chi connectivity index (χ0) is 32.4. The molecule has 2 heterocycles. The average molecular weight is 625 g/mol. The summed E-state index contributed by atoms with van der Waals surface area (Å²) in [6.45, 7) is -0.177. The number of carbonyl (C=O) groups is 2. The molecule has 3 aromatic rings. The first kappa shape index (κ1) is 32.5. The molecule has 2 aromatic carbocycles. The van der Waals surface area contributed by atoms with Crippen molar-refractivity contribution < 1.29 is 40.7 Å². The van der Waals surface area contributed by atoms with E-state index >= 15 is 0 Å². The van der Waals surface area contributed by atoms with Gasteiger partial charge in [0.05, 0.1) is 54.9 Å². The highest BCUT2D eigenvalue weighted by atomic mass is 19.4. The Hall–Kier alpha value is -4.45. The molecule has 1 aliphatic heterocycles. The van der Waals surface area contributed by atoms with Crippen molar-refractivity contribution in [3.8, 4) is 17.6 Å². The number of carbonyl (C=O) groups excluding carboxylic acids is 2. The van der Waals surface area contributed by atoms with Gasteiger partial charge in [-0.3, -0.25) is 9.59 Å². The number of hydrogen-bond acceptors (Lipinski definition) is 6. The quantitative estimate of drug-likeness (QED) is 0.273. The van der Waals surface area contributed by atoms with Crippen LogP contribution in [0, 0.1) is 23.6 Å². The highest BCUT2D eigenvalue weighted by molar-refractivity contribution is 6.05. The lowest BCUT2D eigenvalue weighted by atomic mass is 9.90. The van der Waals surface area contributed by atoms with Gasteiger partial charge in [-0.2, -0.15) is 13.2 Å². The number of rotatable bonds is 7. The second-order valence-electron chi connectivity index (χ2n) is 10.5. The Balaban J connectivity index is 1.66. The molecule has 236 valence electrons. The Bertz CT molecular complexity index is 1630. The molecular formula is C29H30F6N6O3. The summed E-state index contributed by atoms with van der Waals surface area (Å²) in [5.74, 6) is -0.667. The van der Waals surface area contributed by atoms with Crippen LogP contribution < -0.4 is 20.7 Å². The third-order valence-corrected chi connectivity index (χ3v) is 7.07. The van der Waals surface area contributed by atoms with E-state index in [0.29, 0.717) is 6.54 Å². The van der Waals surface area contributed by atoms with Crippen LogP contribution in [0.2, 0.25) is 0 Å². The van der Waals surface area contributed by atoms with Crippen LogP contribution in [0.3, 0.4) is 0 Å². The molecule has 0 radical (unpaired) electrons. The van der Waals surface area contributed by atoms with Crippen LogP contribution in [0.1, 0.15) is 33.2 Å². The van der Waals surface area contributed by atoms with E-state index in [9.17, 15) is 35.9 Å². The maximum absolute atomic E-state index is 14.9. The molecular weight excluding hydrogens is 594 g/mol. The molecule has 9 nitrogen and oxygen atoms in total. The van der Waals surface area contributed by atoms with Gasteiger partial charge >= 0.3 is 6.18 Å². The van der Waals surface area contributed by atoms with Crippen molar-refractivity contribution in [2.75, 3.05) is 46.2 Å². The number of hydrogen-bond donors (Lipinski definition) is 3. The van der Waals surface area contributed by atoms with E-state index < -0.39 is 54.8 Å². The lowest BCUT2D eigenvalue weighted by Gasteiger charge is -2.41. The summed E-state index contributed by atoms with van der Waals surface area (Å²) < 4.78 is 89.7. The highest BCUT2D eigenvalue weighted by Gasteiger charge is 2.48. The summed E-state index contributed by atoms with van der Waals surface area (Å²) in [6.07, 6.45) is -3.68. The first-order chi connectivity index (χ1) is 20.6. The van der Waals surface area contributed by atoms with Gasteiger partial charge in [-0.25, -0.2) is 18.2 Å². The van der Waals surface area contributed by atoms with Gasteiger partial charge in [-0.1, -0.05) is 18.8 Å². The zero-order valence-corrected chi connectivity index (χ0v) is 24.2. The van der Waals surface area contributed by atoms with Gasteiger partial charge in [0.1, 0.15) is 23.6 Å². The highest BCUT2D eigenvalue weighted by Crippen LogP contribution is 2.32. The van der Waals surface area contributed by atoms with Crippen molar-refractivity contribution in [3.05, 3.63) is 53.1 Å². The van der Waals surface area contributed by atoms with Crippen molar-refractivity contribution in [1.82, 2.24) is 25.1 Å². The first-order valence-corrected chi connectivity index (χ1v) is 13.4. The fourth-order valence-corrected chi connectivity index (χ4v) is 5.19. The summed E-state index contributed by atoms with van der Waals surface area (Å²) in [6, 6.07) is 3.33. The number of halogens is 6. The summed E-state index contributed by atoms with van der Waals surface area (Å²) >= 11 is 0. The van der Waals surface area contributed by atoms with E-state index in [4.69, 9.17) is 4.74 Å². The number of ether oxygens (including phenoxy) is 1. The number of methoxy groups -OCH3 is 1. The summed E-state index contributed by atoms with van der Waals surface area (Å²) in [4.78, 5) is 30.8. The van der Waals surface area contributed by atoms with Crippen LogP contribution >= 0.6 is 0 Å². The van der Waals surface area contributed by atoms with Crippen LogP contribution in [0.25, 0.3) is 11.0 Å². The number of likely N-dealkylation sites (tertiary alicyclic amines) is 1. The van der Waals surface area contributed by atoms with E-state index in [-0.39, 0.29) is 45.7 Å². The zero-order valence-electron chi connectivity index (χ0n) is 24.2. The minimum Gasteiger partial charge on any atom is -0.494 e. The maximum Gasteiger partial charge on any atom is 0.406 e. The smallest absolute Gasteiger partial charge is 0.406 e. The van der Waals surface area contributed by atoms with Gasteiger partial charge in [0, 0.05) is 25.2 Å². The van der Waals surface area contributed by atoms with E-state index in [0.717, 1.165) is 17.0 Å². The molecule has 0 bridgehead atoms. The number of nitrogens with one attached hydrogen (secondary N) is 3. The fourth-order valence-electron chi connectivity index (χ4n) is 5.19.